The van der Waals surface area contributed by atoms with Crippen LogP contribution in [-0.4, -0.2) is 34.6 Å². The number of hydrogen-bond donors (Lipinski definition) is 2. The van der Waals surface area contributed by atoms with Crippen molar-refractivity contribution in [2.45, 2.75) is 89.9 Å². The first-order valence-corrected chi connectivity index (χ1v) is 10.8. The molecule has 4 aliphatic carbocycles. The van der Waals surface area contributed by atoms with Gasteiger partial charge in [0.25, 0.3) is 0 Å². The van der Waals surface area contributed by atoms with E-state index in [1.165, 1.54) is 25.7 Å². The highest BCUT2D eigenvalue weighted by atomic mass is 16.6. The molecule has 1 heterocycles. The molecule has 3 heteroatoms. The average molecular weight is 349 g/mol. The molecule has 1 saturated heterocycles. The minimum absolute atomic E-state index is 0.144. The Kier molecular flexibility index (Phi) is 3.56. The molecule has 5 aliphatic rings. The summed E-state index contributed by atoms with van der Waals surface area (Å²) in [6.45, 7) is 8.27. The van der Waals surface area contributed by atoms with Crippen LogP contribution in [0, 0.1) is 40.4 Å². The summed E-state index contributed by atoms with van der Waals surface area (Å²) in [5.74, 6) is 3.21. The van der Waals surface area contributed by atoms with Gasteiger partial charge in [-0.2, -0.15) is 0 Å². The first kappa shape index (κ1) is 17.0. The van der Waals surface area contributed by atoms with Crippen LogP contribution < -0.4 is 0 Å². The van der Waals surface area contributed by atoms with E-state index in [0.29, 0.717) is 23.2 Å². The molecular formula is C22H36O3. The molecule has 0 aromatic carbocycles. The molecular weight excluding hydrogens is 312 g/mol. The van der Waals surface area contributed by atoms with E-state index < -0.39 is 0 Å². The summed E-state index contributed by atoms with van der Waals surface area (Å²) >= 11 is 0. The van der Waals surface area contributed by atoms with E-state index in [2.05, 4.69) is 20.8 Å². The van der Waals surface area contributed by atoms with Crippen LogP contribution in [0.4, 0.5) is 0 Å². The fraction of sp³-hybridized carbons (Fsp3) is 1.00. The van der Waals surface area contributed by atoms with Gasteiger partial charge in [-0.15, -0.1) is 0 Å². The molecule has 0 radical (unpaired) electrons. The van der Waals surface area contributed by atoms with Crippen LogP contribution in [0.2, 0.25) is 0 Å². The summed E-state index contributed by atoms with van der Waals surface area (Å²) < 4.78 is 5.89. The number of fused-ring (bicyclic) bond motifs is 5. The molecule has 1 aliphatic heterocycles. The van der Waals surface area contributed by atoms with Crippen molar-refractivity contribution in [3.63, 3.8) is 0 Å². The summed E-state index contributed by atoms with van der Waals surface area (Å²) in [5, 5.41) is 21.2. The summed E-state index contributed by atoms with van der Waals surface area (Å²) in [5.41, 5.74) is 0.787. The molecule has 3 nitrogen and oxygen atoms in total. The quantitative estimate of drug-likeness (QED) is 0.709. The first-order chi connectivity index (χ1) is 11.8. The van der Waals surface area contributed by atoms with Gasteiger partial charge in [0, 0.05) is 0 Å². The van der Waals surface area contributed by atoms with Gasteiger partial charge >= 0.3 is 0 Å². The molecule has 2 N–H and O–H groups in total. The van der Waals surface area contributed by atoms with Crippen molar-refractivity contribution in [2.75, 3.05) is 6.61 Å². The number of epoxide rings is 1. The van der Waals surface area contributed by atoms with E-state index in [0.717, 1.165) is 44.1 Å². The molecule has 25 heavy (non-hydrogen) atoms. The largest absolute Gasteiger partial charge is 0.393 e. The number of rotatable bonds is 1. The molecule has 5 fully saturated rings. The Morgan fingerprint density at radius 2 is 1.48 bits per heavy atom. The van der Waals surface area contributed by atoms with E-state index in [1.54, 1.807) is 0 Å². The predicted molar refractivity (Wildman–Crippen MR) is 97.0 cm³/mol. The van der Waals surface area contributed by atoms with E-state index in [1.807, 2.05) is 0 Å². The van der Waals surface area contributed by atoms with Crippen LogP contribution in [0.5, 0.6) is 0 Å². The maximum atomic E-state index is 11.0. The third kappa shape index (κ3) is 2.21. The highest BCUT2D eigenvalue weighted by molar-refractivity contribution is 5.14. The van der Waals surface area contributed by atoms with Crippen molar-refractivity contribution in [1.29, 1.82) is 0 Å². The minimum atomic E-state index is -0.213. The minimum Gasteiger partial charge on any atom is -0.393 e. The van der Waals surface area contributed by atoms with Crippen molar-refractivity contribution in [3.8, 4) is 0 Å². The first-order valence-electron chi connectivity index (χ1n) is 10.8. The Bertz CT molecular complexity index is 557. The van der Waals surface area contributed by atoms with Gasteiger partial charge in [0.2, 0.25) is 0 Å². The smallest absolute Gasteiger partial charge is 0.0921 e. The van der Waals surface area contributed by atoms with Crippen molar-refractivity contribution in [3.05, 3.63) is 0 Å². The average Bonchev–Trinajstić information content (AvgIpc) is 3.18. The fourth-order valence-corrected chi connectivity index (χ4v) is 8.60. The Morgan fingerprint density at radius 3 is 2.20 bits per heavy atom. The van der Waals surface area contributed by atoms with Crippen molar-refractivity contribution in [2.24, 2.45) is 40.4 Å². The fourth-order valence-electron chi connectivity index (χ4n) is 8.60. The molecule has 142 valence electrons. The maximum Gasteiger partial charge on any atom is 0.0921 e. The lowest BCUT2D eigenvalue weighted by molar-refractivity contribution is -0.172. The number of ether oxygens (including phenoxy) is 1. The van der Waals surface area contributed by atoms with Crippen LogP contribution >= 0.6 is 0 Å². The van der Waals surface area contributed by atoms with Crippen LogP contribution in [0.3, 0.4) is 0 Å². The van der Waals surface area contributed by atoms with Crippen molar-refractivity contribution >= 4 is 0 Å². The Morgan fingerprint density at radius 1 is 0.800 bits per heavy atom. The van der Waals surface area contributed by atoms with Crippen molar-refractivity contribution < 1.29 is 14.9 Å². The van der Waals surface area contributed by atoms with Gasteiger partial charge < -0.3 is 14.9 Å². The second-order valence-electron chi connectivity index (χ2n) is 11.0. The second-order valence-corrected chi connectivity index (χ2v) is 11.0. The lowest BCUT2D eigenvalue weighted by Gasteiger charge is -2.62. The zero-order chi connectivity index (χ0) is 17.6. The summed E-state index contributed by atoms with van der Waals surface area (Å²) in [6.07, 6.45) is 8.72. The Hall–Kier alpha value is -0.120. The van der Waals surface area contributed by atoms with Gasteiger partial charge in [0.15, 0.2) is 0 Å². The zero-order valence-electron chi connectivity index (χ0n) is 16.2. The highest BCUT2D eigenvalue weighted by Crippen LogP contribution is 2.69. The molecule has 0 unspecified atom stereocenters. The van der Waals surface area contributed by atoms with Gasteiger partial charge in [-0.05, 0) is 98.7 Å². The molecule has 10 atom stereocenters. The molecule has 0 spiro atoms. The van der Waals surface area contributed by atoms with Gasteiger partial charge in [0.1, 0.15) is 0 Å². The molecule has 4 saturated carbocycles. The third-order valence-electron chi connectivity index (χ3n) is 9.99. The second kappa shape index (κ2) is 5.23. The van der Waals surface area contributed by atoms with E-state index in [-0.39, 0.29) is 23.2 Å². The Balaban J connectivity index is 1.46. The lowest BCUT2D eigenvalue weighted by atomic mass is 9.44. The monoisotopic (exact) mass is 348 g/mol. The van der Waals surface area contributed by atoms with Crippen molar-refractivity contribution in [1.82, 2.24) is 0 Å². The van der Waals surface area contributed by atoms with Crippen LogP contribution in [0.15, 0.2) is 0 Å². The zero-order valence-corrected chi connectivity index (χ0v) is 16.2. The van der Waals surface area contributed by atoms with Gasteiger partial charge in [0.05, 0.1) is 24.4 Å². The van der Waals surface area contributed by atoms with Gasteiger partial charge in [-0.3, -0.25) is 0 Å². The Labute approximate surface area is 152 Å². The normalized spacial score (nSPS) is 63.5. The van der Waals surface area contributed by atoms with Gasteiger partial charge in [-0.1, -0.05) is 13.8 Å². The molecule has 0 amide bonds. The van der Waals surface area contributed by atoms with E-state index in [9.17, 15) is 10.2 Å². The topological polar surface area (TPSA) is 53.0 Å². The summed E-state index contributed by atoms with van der Waals surface area (Å²) in [7, 11) is 0. The summed E-state index contributed by atoms with van der Waals surface area (Å²) in [6, 6.07) is 0. The SMILES string of the molecule is C[C@]12CC[C@@H](O)C[C@@H]1[C@@H](O)C[C@H]1[C@@H]2CC[C@@]2(C)[C@H]1CC[C@@H]2[C@]1(C)CO1. The van der Waals surface area contributed by atoms with E-state index >= 15 is 0 Å². The molecule has 0 aromatic rings. The van der Waals surface area contributed by atoms with Crippen LogP contribution in [0.1, 0.15) is 72.1 Å². The molecule has 0 bridgehead atoms. The lowest BCUT2D eigenvalue weighted by Crippen LogP contribution is -2.58. The number of hydrogen-bond acceptors (Lipinski definition) is 3. The van der Waals surface area contributed by atoms with Crippen LogP contribution in [-0.2, 0) is 4.74 Å². The van der Waals surface area contributed by atoms with Gasteiger partial charge in [-0.25, -0.2) is 0 Å². The standard InChI is InChI=1S/C22H36O3/c1-20-8-6-13(23)10-17(20)18(24)11-14-15-4-5-19(22(3)12-25-22)21(15,2)9-7-16(14)20/h13-19,23-24H,4-12H2,1-3H3/t13-,14-,15+,16+,17-,18+,19+,20-,21+,22+/m1/s1. The number of aliphatic hydroxyl groups excluding tert-OH is 2. The summed E-state index contributed by atoms with van der Waals surface area (Å²) in [4.78, 5) is 0. The highest BCUT2D eigenvalue weighted by Gasteiger charge is 2.66. The van der Waals surface area contributed by atoms with E-state index in [4.69, 9.17) is 4.74 Å². The van der Waals surface area contributed by atoms with Crippen LogP contribution in [0.25, 0.3) is 0 Å². The molecule has 5 rings (SSSR count). The maximum absolute atomic E-state index is 11.0. The molecule has 0 aromatic heterocycles. The number of aliphatic hydroxyl groups is 2. The third-order valence-corrected chi connectivity index (χ3v) is 9.99. The predicted octanol–water partition coefficient (Wildman–Crippen LogP) is 3.77.